The van der Waals surface area contributed by atoms with Crippen molar-refractivity contribution < 1.29 is 0 Å². The van der Waals surface area contributed by atoms with Gasteiger partial charge in [0.15, 0.2) is 0 Å². The Morgan fingerprint density at radius 2 is 1.70 bits per heavy atom. The number of hydrogen-bond donors (Lipinski definition) is 1. The van der Waals surface area contributed by atoms with E-state index in [1.165, 1.54) is 0 Å². The zero-order valence-electron chi connectivity index (χ0n) is 10.4. The van der Waals surface area contributed by atoms with E-state index in [-0.39, 0.29) is 6.04 Å². The summed E-state index contributed by atoms with van der Waals surface area (Å²) < 4.78 is 0. The Kier molecular flexibility index (Phi) is 3.57. The first-order valence-electron chi connectivity index (χ1n) is 6.07. The molecule has 2 N–H and O–H groups in total. The normalized spacial score (nSPS) is 12.6. The molecule has 0 bridgehead atoms. The van der Waals surface area contributed by atoms with Crippen LogP contribution in [0, 0.1) is 0 Å². The highest BCUT2D eigenvalue weighted by molar-refractivity contribution is 6.42. The maximum Gasteiger partial charge on any atom is 0.0890 e. The van der Waals surface area contributed by atoms with Gasteiger partial charge in [0.1, 0.15) is 0 Å². The predicted octanol–water partition coefficient (Wildman–Crippen LogP) is 3.98. The van der Waals surface area contributed by atoms with Crippen molar-refractivity contribution in [3.8, 4) is 0 Å². The lowest BCUT2D eigenvalue weighted by Crippen LogP contribution is -2.14. The first-order valence-corrected chi connectivity index (χ1v) is 6.83. The van der Waals surface area contributed by atoms with Crippen LogP contribution in [0.3, 0.4) is 0 Å². The van der Waals surface area contributed by atoms with Gasteiger partial charge in [0.05, 0.1) is 39.0 Å². The second-order valence-corrected chi connectivity index (χ2v) is 5.25. The monoisotopic (exact) mass is 303 g/mol. The van der Waals surface area contributed by atoms with E-state index < -0.39 is 0 Å². The van der Waals surface area contributed by atoms with E-state index in [0.29, 0.717) is 15.7 Å². The molecule has 1 unspecified atom stereocenters. The van der Waals surface area contributed by atoms with Gasteiger partial charge in [-0.2, -0.15) is 0 Å². The van der Waals surface area contributed by atoms with E-state index in [1.807, 2.05) is 30.3 Å². The third-order valence-corrected chi connectivity index (χ3v) is 3.83. The lowest BCUT2D eigenvalue weighted by Gasteiger charge is -2.12. The summed E-state index contributed by atoms with van der Waals surface area (Å²) in [5.41, 5.74) is 9.43. The van der Waals surface area contributed by atoms with E-state index >= 15 is 0 Å². The molecule has 3 aromatic rings. The van der Waals surface area contributed by atoms with E-state index in [1.54, 1.807) is 18.3 Å². The molecule has 3 rings (SSSR count). The number of halogens is 2. The summed E-state index contributed by atoms with van der Waals surface area (Å²) in [6, 6.07) is 12.6. The maximum atomic E-state index is 6.22. The fourth-order valence-electron chi connectivity index (χ4n) is 2.00. The minimum absolute atomic E-state index is 0.387. The molecule has 0 fully saturated rings. The second-order valence-electron chi connectivity index (χ2n) is 4.43. The maximum absolute atomic E-state index is 6.22. The second kappa shape index (κ2) is 5.37. The zero-order valence-corrected chi connectivity index (χ0v) is 11.9. The molecule has 0 spiro atoms. The van der Waals surface area contributed by atoms with Crippen LogP contribution in [0.1, 0.15) is 17.3 Å². The Bertz CT molecular complexity index is 774. The number of rotatable bonds is 2. The Labute approximate surface area is 126 Å². The van der Waals surface area contributed by atoms with Gasteiger partial charge in [-0.25, -0.2) is 4.98 Å². The van der Waals surface area contributed by atoms with Gasteiger partial charge < -0.3 is 5.73 Å². The molecule has 0 amide bonds. The minimum Gasteiger partial charge on any atom is -0.319 e. The van der Waals surface area contributed by atoms with E-state index in [9.17, 15) is 0 Å². The van der Waals surface area contributed by atoms with Crippen LogP contribution in [0.5, 0.6) is 0 Å². The van der Waals surface area contributed by atoms with Crippen LogP contribution in [0.2, 0.25) is 10.0 Å². The van der Waals surface area contributed by atoms with Crippen molar-refractivity contribution in [2.75, 3.05) is 0 Å². The molecular formula is C15H11Cl2N3. The van der Waals surface area contributed by atoms with Crippen LogP contribution < -0.4 is 5.73 Å². The molecule has 0 radical (unpaired) electrons. The molecule has 5 heteroatoms. The van der Waals surface area contributed by atoms with Gasteiger partial charge in [0.25, 0.3) is 0 Å². The van der Waals surface area contributed by atoms with Crippen molar-refractivity contribution in [3.63, 3.8) is 0 Å². The molecule has 1 aromatic heterocycles. The fraction of sp³-hybridized carbons (Fsp3) is 0.0667. The SMILES string of the molecule is NC(c1ccc(Cl)c(Cl)c1)c1cnc2ccccc2n1. The lowest BCUT2D eigenvalue weighted by atomic mass is 10.1. The predicted molar refractivity (Wildman–Crippen MR) is 82.0 cm³/mol. The van der Waals surface area contributed by atoms with Crippen molar-refractivity contribution in [1.82, 2.24) is 9.97 Å². The smallest absolute Gasteiger partial charge is 0.0890 e. The number of nitrogens with two attached hydrogens (primary N) is 1. The lowest BCUT2D eigenvalue weighted by molar-refractivity contribution is 0.828. The minimum atomic E-state index is -0.387. The first-order chi connectivity index (χ1) is 9.65. The average Bonchev–Trinajstić information content (AvgIpc) is 2.49. The number of fused-ring (bicyclic) bond motifs is 1. The summed E-state index contributed by atoms with van der Waals surface area (Å²) >= 11 is 11.9. The number of para-hydroxylation sites is 2. The van der Waals surface area contributed by atoms with Gasteiger partial charge in [0, 0.05) is 0 Å². The quantitative estimate of drug-likeness (QED) is 0.779. The van der Waals surface area contributed by atoms with Crippen LogP contribution >= 0.6 is 23.2 Å². The molecule has 1 heterocycles. The topological polar surface area (TPSA) is 51.8 Å². The molecule has 0 saturated carbocycles. The van der Waals surface area contributed by atoms with Crippen molar-refractivity contribution in [1.29, 1.82) is 0 Å². The first kappa shape index (κ1) is 13.3. The molecule has 0 saturated heterocycles. The Morgan fingerprint density at radius 3 is 2.45 bits per heavy atom. The highest BCUT2D eigenvalue weighted by atomic mass is 35.5. The molecule has 1 atom stereocenters. The molecule has 3 nitrogen and oxygen atoms in total. The fourth-order valence-corrected chi connectivity index (χ4v) is 2.30. The standard InChI is InChI=1S/C15H11Cl2N3/c16-10-6-5-9(7-11(10)17)15(18)14-8-19-12-3-1-2-4-13(12)20-14/h1-8,15H,18H2. The third kappa shape index (κ3) is 2.48. The van der Waals surface area contributed by atoms with E-state index in [2.05, 4.69) is 9.97 Å². The molecular weight excluding hydrogens is 293 g/mol. The van der Waals surface area contributed by atoms with Gasteiger partial charge in [-0.05, 0) is 29.8 Å². The highest BCUT2D eigenvalue weighted by Crippen LogP contribution is 2.27. The van der Waals surface area contributed by atoms with Gasteiger partial charge in [0.2, 0.25) is 0 Å². The molecule has 0 aliphatic carbocycles. The molecule has 2 aromatic carbocycles. The van der Waals surface area contributed by atoms with Gasteiger partial charge >= 0.3 is 0 Å². The summed E-state index contributed by atoms with van der Waals surface area (Å²) in [7, 11) is 0. The molecule has 0 aliphatic rings. The van der Waals surface area contributed by atoms with Crippen molar-refractivity contribution >= 4 is 34.2 Å². The van der Waals surface area contributed by atoms with E-state index in [4.69, 9.17) is 28.9 Å². The van der Waals surface area contributed by atoms with Gasteiger partial charge in [-0.15, -0.1) is 0 Å². The van der Waals surface area contributed by atoms with Crippen molar-refractivity contribution in [2.45, 2.75) is 6.04 Å². The van der Waals surface area contributed by atoms with Crippen LogP contribution in [0.4, 0.5) is 0 Å². The number of hydrogen-bond acceptors (Lipinski definition) is 3. The summed E-state index contributed by atoms with van der Waals surface area (Å²) in [6.07, 6.45) is 1.69. The number of aromatic nitrogens is 2. The highest BCUT2D eigenvalue weighted by Gasteiger charge is 2.13. The summed E-state index contributed by atoms with van der Waals surface area (Å²) in [5, 5.41) is 0.987. The van der Waals surface area contributed by atoms with Crippen LogP contribution in [-0.2, 0) is 0 Å². The Hall–Kier alpha value is -1.68. The number of nitrogens with zero attached hydrogens (tertiary/aromatic N) is 2. The molecule has 100 valence electrons. The van der Waals surface area contributed by atoms with E-state index in [0.717, 1.165) is 16.6 Å². The van der Waals surface area contributed by atoms with Crippen LogP contribution in [0.25, 0.3) is 11.0 Å². The van der Waals surface area contributed by atoms with Crippen LogP contribution in [0.15, 0.2) is 48.7 Å². The Balaban J connectivity index is 2.02. The summed E-state index contributed by atoms with van der Waals surface area (Å²) in [4.78, 5) is 8.91. The zero-order chi connectivity index (χ0) is 14.1. The van der Waals surface area contributed by atoms with Crippen molar-refractivity contribution in [2.24, 2.45) is 5.73 Å². The van der Waals surface area contributed by atoms with Gasteiger partial charge in [-0.1, -0.05) is 41.4 Å². The molecule has 20 heavy (non-hydrogen) atoms. The largest absolute Gasteiger partial charge is 0.319 e. The summed E-state index contributed by atoms with van der Waals surface area (Å²) in [5.74, 6) is 0. The van der Waals surface area contributed by atoms with Crippen molar-refractivity contribution in [3.05, 3.63) is 70.0 Å². The molecule has 0 aliphatic heterocycles. The Morgan fingerprint density at radius 1 is 0.950 bits per heavy atom. The van der Waals surface area contributed by atoms with Gasteiger partial charge in [-0.3, -0.25) is 4.98 Å². The number of benzene rings is 2. The summed E-state index contributed by atoms with van der Waals surface area (Å²) in [6.45, 7) is 0. The third-order valence-electron chi connectivity index (χ3n) is 3.09. The van der Waals surface area contributed by atoms with Crippen LogP contribution in [-0.4, -0.2) is 9.97 Å². The average molecular weight is 304 g/mol.